The number of aliphatic carboxylic acids is 1. The average molecular weight is 307 g/mol. The van der Waals surface area contributed by atoms with E-state index >= 15 is 0 Å². The van der Waals surface area contributed by atoms with Crippen molar-refractivity contribution in [2.75, 3.05) is 11.9 Å². The summed E-state index contributed by atoms with van der Waals surface area (Å²) in [6, 6.07) is 9.51. The molecule has 0 spiro atoms. The molecule has 0 bridgehead atoms. The predicted molar refractivity (Wildman–Crippen MR) is 76.8 cm³/mol. The number of pyridine rings is 1. The van der Waals surface area contributed by atoms with Crippen LogP contribution in [0.3, 0.4) is 0 Å². The lowest BCUT2D eigenvalue weighted by molar-refractivity contribution is -0.139. The number of aromatic nitrogens is 1. The third-order valence-electron chi connectivity index (χ3n) is 2.44. The monoisotopic (exact) mass is 306 g/mol. The Kier molecular flexibility index (Phi) is 4.73. The van der Waals surface area contributed by atoms with E-state index in [-0.39, 0.29) is 5.91 Å². The smallest absolute Gasteiger partial charge is 0.341 e. The van der Waals surface area contributed by atoms with E-state index in [1.165, 1.54) is 18.3 Å². The number of benzene rings is 1. The Labute approximate surface area is 125 Å². The maximum Gasteiger partial charge on any atom is 0.341 e. The zero-order valence-corrected chi connectivity index (χ0v) is 11.5. The fourth-order valence-electron chi connectivity index (χ4n) is 1.52. The lowest BCUT2D eigenvalue weighted by Crippen LogP contribution is -2.13. The van der Waals surface area contributed by atoms with Gasteiger partial charge in [-0.25, -0.2) is 9.78 Å². The number of hydrogen-bond acceptors (Lipinski definition) is 4. The minimum absolute atomic E-state index is 0.301. The Morgan fingerprint density at radius 2 is 2.10 bits per heavy atom. The second kappa shape index (κ2) is 6.71. The molecule has 6 nitrogen and oxygen atoms in total. The third-order valence-corrected chi connectivity index (χ3v) is 2.67. The number of nitrogens with zero attached hydrogens (tertiary/aromatic N) is 1. The topological polar surface area (TPSA) is 88.5 Å². The first-order chi connectivity index (χ1) is 10.0. The molecule has 0 aliphatic heterocycles. The van der Waals surface area contributed by atoms with Crippen molar-refractivity contribution in [2.24, 2.45) is 0 Å². The van der Waals surface area contributed by atoms with Crippen LogP contribution in [0.15, 0.2) is 42.6 Å². The maximum absolute atomic E-state index is 12.0. The Bertz CT molecular complexity index is 658. The normalized spacial score (nSPS) is 9.95. The van der Waals surface area contributed by atoms with Crippen LogP contribution in [0.5, 0.6) is 5.75 Å². The molecule has 2 rings (SSSR count). The summed E-state index contributed by atoms with van der Waals surface area (Å²) in [6.45, 7) is -0.446. The van der Waals surface area contributed by atoms with E-state index in [4.69, 9.17) is 21.4 Å². The van der Waals surface area contributed by atoms with Gasteiger partial charge in [-0.05, 0) is 24.3 Å². The predicted octanol–water partition coefficient (Wildman–Crippen LogP) is 2.45. The van der Waals surface area contributed by atoms with E-state index < -0.39 is 12.6 Å². The van der Waals surface area contributed by atoms with Crippen molar-refractivity contribution in [3.05, 3.63) is 53.3 Å². The second-order valence-corrected chi connectivity index (χ2v) is 4.42. The van der Waals surface area contributed by atoms with Gasteiger partial charge in [0, 0.05) is 18.0 Å². The number of ether oxygens (including phenoxy) is 1. The molecule has 0 radical (unpaired) electrons. The Morgan fingerprint density at radius 3 is 2.76 bits per heavy atom. The molecule has 0 unspecified atom stereocenters. The summed E-state index contributed by atoms with van der Waals surface area (Å²) < 4.78 is 5.03. The fourth-order valence-corrected chi connectivity index (χ4v) is 1.63. The summed E-state index contributed by atoms with van der Waals surface area (Å²) in [4.78, 5) is 26.2. The maximum atomic E-state index is 12.0. The quantitative estimate of drug-likeness (QED) is 0.828. The van der Waals surface area contributed by atoms with Gasteiger partial charge in [0.1, 0.15) is 10.9 Å². The molecule has 0 aliphatic carbocycles. The number of amides is 1. The van der Waals surface area contributed by atoms with Crippen molar-refractivity contribution in [3.63, 3.8) is 0 Å². The number of halogens is 1. The zero-order chi connectivity index (χ0) is 15.2. The van der Waals surface area contributed by atoms with Gasteiger partial charge >= 0.3 is 5.97 Å². The van der Waals surface area contributed by atoms with Gasteiger partial charge in [0.05, 0.1) is 5.56 Å². The molecule has 1 amide bonds. The summed E-state index contributed by atoms with van der Waals surface area (Å²) in [5, 5.41) is 11.5. The highest BCUT2D eigenvalue weighted by atomic mass is 35.5. The number of hydrogen-bond donors (Lipinski definition) is 2. The van der Waals surface area contributed by atoms with Gasteiger partial charge in [-0.15, -0.1) is 0 Å². The summed E-state index contributed by atoms with van der Waals surface area (Å²) >= 11 is 5.65. The number of carboxylic acid groups (broad SMARTS) is 1. The minimum atomic E-state index is -1.07. The third kappa shape index (κ3) is 4.47. The SMILES string of the molecule is O=C(O)COc1cccc(NC(=O)c2ccc(Cl)nc2)c1. The molecule has 1 aromatic carbocycles. The largest absolute Gasteiger partial charge is 0.482 e. The van der Waals surface area contributed by atoms with Crippen LogP contribution in [0.2, 0.25) is 5.15 Å². The van der Waals surface area contributed by atoms with Gasteiger partial charge < -0.3 is 15.2 Å². The first-order valence-corrected chi connectivity index (χ1v) is 6.30. The van der Waals surface area contributed by atoms with Crippen molar-refractivity contribution in [2.45, 2.75) is 0 Å². The van der Waals surface area contributed by atoms with Gasteiger partial charge in [0.25, 0.3) is 5.91 Å². The van der Waals surface area contributed by atoms with Crippen LogP contribution in [0.25, 0.3) is 0 Å². The van der Waals surface area contributed by atoms with Crippen molar-refractivity contribution in [1.29, 1.82) is 0 Å². The molecule has 0 aliphatic rings. The molecule has 0 saturated heterocycles. The van der Waals surface area contributed by atoms with E-state index in [0.29, 0.717) is 22.2 Å². The van der Waals surface area contributed by atoms with Gasteiger partial charge in [-0.2, -0.15) is 0 Å². The van der Waals surface area contributed by atoms with Crippen LogP contribution in [-0.2, 0) is 4.79 Å². The van der Waals surface area contributed by atoms with Crippen molar-refractivity contribution >= 4 is 29.2 Å². The van der Waals surface area contributed by atoms with E-state index in [0.717, 1.165) is 0 Å². The summed E-state index contributed by atoms with van der Waals surface area (Å²) in [7, 11) is 0. The van der Waals surface area contributed by atoms with E-state index in [1.807, 2.05) is 0 Å². The van der Waals surface area contributed by atoms with E-state index in [9.17, 15) is 9.59 Å². The van der Waals surface area contributed by atoms with Crippen LogP contribution in [-0.4, -0.2) is 28.6 Å². The number of carbonyl (C=O) groups is 2. The molecule has 7 heteroatoms. The lowest BCUT2D eigenvalue weighted by Gasteiger charge is -2.08. The number of carboxylic acids is 1. The first-order valence-electron chi connectivity index (χ1n) is 5.92. The van der Waals surface area contributed by atoms with E-state index in [1.54, 1.807) is 24.3 Å². The number of carbonyl (C=O) groups excluding carboxylic acids is 1. The highest BCUT2D eigenvalue weighted by molar-refractivity contribution is 6.29. The van der Waals surface area contributed by atoms with Crippen LogP contribution < -0.4 is 10.1 Å². The fraction of sp³-hybridized carbons (Fsp3) is 0.0714. The summed E-state index contributed by atoms with van der Waals surface area (Å²) in [6.07, 6.45) is 1.36. The molecule has 108 valence electrons. The molecule has 21 heavy (non-hydrogen) atoms. The van der Waals surface area contributed by atoms with Crippen LogP contribution in [0.1, 0.15) is 10.4 Å². The molecule has 0 atom stereocenters. The molecular weight excluding hydrogens is 296 g/mol. The lowest BCUT2D eigenvalue weighted by atomic mass is 10.2. The summed E-state index contributed by atoms with van der Waals surface area (Å²) in [5.74, 6) is -1.07. The Hall–Kier alpha value is -2.60. The highest BCUT2D eigenvalue weighted by Crippen LogP contribution is 2.18. The summed E-state index contributed by atoms with van der Waals surface area (Å²) in [5.41, 5.74) is 0.842. The molecule has 0 fully saturated rings. The average Bonchev–Trinajstić information content (AvgIpc) is 2.46. The molecule has 2 N–H and O–H groups in total. The number of anilines is 1. The van der Waals surface area contributed by atoms with Gasteiger partial charge in [-0.1, -0.05) is 17.7 Å². The molecule has 0 saturated carbocycles. The van der Waals surface area contributed by atoms with Gasteiger partial charge in [0.15, 0.2) is 6.61 Å². The first kappa shape index (κ1) is 14.8. The molecular formula is C14H11ClN2O4. The molecule has 1 heterocycles. The number of nitrogens with one attached hydrogen (secondary N) is 1. The van der Waals surface area contributed by atoms with Crippen LogP contribution in [0.4, 0.5) is 5.69 Å². The van der Waals surface area contributed by atoms with Crippen molar-refractivity contribution in [3.8, 4) is 5.75 Å². The molecule has 2 aromatic rings. The highest BCUT2D eigenvalue weighted by Gasteiger charge is 2.07. The van der Waals surface area contributed by atoms with Crippen molar-refractivity contribution < 1.29 is 19.4 Å². The standard InChI is InChI=1S/C14H11ClN2O4/c15-12-5-4-9(7-16-12)14(20)17-10-2-1-3-11(6-10)21-8-13(18)19/h1-7H,8H2,(H,17,20)(H,18,19). The van der Waals surface area contributed by atoms with E-state index in [2.05, 4.69) is 10.3 Å². The van der Waals surface area contributed by atoms with Crippen molar-refractivity contribution in [1.82, 2.24) is 4.98 Å². The van der Waals surface area contributed by atoms with Gasteiger partial charge in [-0.3, -0.25) is 4.79 Å². The minimum Gasteiger partial charge on any atom is -0.482 e. The second-order valence-electron chi connectivity index (χ2n) is 4.03. The molecule has 1 aromatic heterocycles. The Balaban J connectivity index is 2.05. The Morgan fingerprint density at radius 1 is 1.29 bits per heavy atom. The van der Waals surface area contributed by atoms with Crippen LogP contribution >= 0.6 is 11.6 Å². The van der Waals surface area contributed by atoms with Gasteiger partial charge in [0.2, 0.25) is 0 Å². The zero-order valence-electron chi connectivity index (χ0n) is 10.7. The van der Waals surface area contributed by atoms with Crippen LogP contribution in [0, 0.1) is 0 Å². The number of rotatable bonds is 5.